The fourth-order valence-corrected chi connectivity index (χ4v) is 6.08. The van der Waals surface area contributed by atoms with Crippen LogP contribution in [-0.4, -0.2) is 52.0 Å². The van der Waals surface area contributed by atoms with Crippen molar-refractivity contribution in [1.29, 1.82) is 0 Å². The molecule has 0 spiro atoms. The second kappa shape index (κ2) is 10.7. The minimum Gasteiger partial charge on any atom is -0.355 e. The quantitative estimate of drug-likeness (QED) is 0.452. The summed E-state index contributed by atoms with van der Waals surface area (Å²) in [4.78, 5) is 33.7. The van der Waals surface area contributed by atoms with Crippen LogP contribution in [0.4, 0.5) is 13.2 Å². The fraction of sp³-hybridized carbons (Fsp3) is 0.448. The average molecular weight is 554 g/mol. The molecule has 3 aromatic rings. The van der Waals surface area contributed by atoms with Crippen LogP contribution in [0.5, 0.6) is 0 Å². The van der Waals surface area contributed by atoms with Gasteiger partial charge in [0.15, 0.2) is 11.5 Å². The molecule has 2 aliphatic carbocycles. The van der Waals surface area contributed by atoms with Crippen LogP contribution in [0.1, 0.15) is 61.1 Å². The lowest BCUT2D eigenvalue weighted by Crippen LogP contribution is -2.58. The lowest BCUT2D eigenvalue weighted by atomic mass is 9.89. The molecule has 2 atom stereocenters. The molecule has 2 saturated carbocycles. The topological polar surface area (TPSA) is 100 Å². The summed E-state index contributed by atoms with van der Waals surface area (Å²) in [5.74, 6) is -5.03. The van der Waals surface area contributed by atoms with Crippen LogP contribution in [0, 0.1) is 23.4 Å². The number of halogens is 3. The lowest BCUT2D eigenvalue weighted by molar-refractivity contribution is -0.129. The molecule has 2 unspecified atom stereocenters. The number of carbonyl (C=O) groups is 2. The number of hydrogen-bond donors (Lipinski definition) is 2. The van der Waals surface area contributed by atoms with Crippen molar-refractivity contribution < 1.29 is 27.3 Å². The van der Waals surface area contributed by atoms with Gasteiger partial charge in [0.25, 0.3) is 5.91 Å². The highest BCUT2D eigenvalue weighted by Crippen LogP contribution is 2.45. The number of likely N-dealkylation sites (tertiary alicyclic amines) is 1. The molecule has 210 valence electrons. The lowest BCUT2D eigenvalue weighted by Gasteiger charge is -2.41. The number of aromatic nitrogens is 2. The normalized spacial score (nSPS) is 22.7. The van der Waals surface area contributed by atoms with Crippen LogP contribution in [0.2, 0.25) is 0 Å². The number of benzene rings is 1. The summed E-state index contributed by atoms with van der Waals surface area (Å²) in [6.45, 7) is 1.25. The minimum absolute atomic E-state index is 0.146. The van der Waals surface area contributed by atoms with Gasteiger partial charge in [-0.25, -0.2) is 13.2 Å². The molecule has 3 fully saturated rings. The number of rotatable bonds is 7. The van der Waals surface area contributed by atoms with Crippen LogP contribution >= 0.6 is 0 Å². The third-order valence-corrected chi connectivity index (χ3v) is 8.40. The van der Waals surface area contributed by atoms with Gasteiger partial charge in [-0.3, -0.25) is 19.5 Å². The molecule has 0 bridgehead atoms. The van der Waals surface area contributed by atoms with Gasteiger partial charge in [0.05, 0.1) is 22.7 Å². The third kappa shape index (κ3) is 5.22. The summed E-state index contributed by atoms with van der Waals surface area (Å²) >= 11 is 0. The van der Waals surface area contributed by atoms with Crippen LogP contribution < -0.4 is 10.6 Å². The highest BCUT2D eigenvalue weighted by Gasteiger charge is 2.49. The summed E-state index contributed by atoms with van der Waals surface area (Å²) in [6, 6.07) is 7.75. The highest BCUT2D eigenvalue weighted by atomic mass is 19.1. The van der Waals surface area contributed by atoms with E-state index in [1.54, 1.807) is 6.20 Å². The van der Waals surface area contributed by atoms with E-state index in [1.807, 2.05) is 18.2 Å². The van der Waals surface area contributed by atoms with Gasteiger partial charge in [0, 0.05) is 49.6 Å². The standard InChI is InChI=1S/C29H30F3N5O3/c30-17-13-20(31)26(21(32)14-17)24-15-23(36-40-24)28(39)34-22-8-12-37(18-5-1-2-6-18)16-19(22)27(38)35-29(9-10-29)25-7-3-4-11-33-25/h3-4,7,11,13-15,18-19,22H,1-2,5-6,8-10,12,16H2,(H,34,39)(H,35,38). The van der Waals surface area contributed by atoms with Crippen LogP contribution in [0.15, 0.2) is 47.1 Å². The smallest absolute Gasteiger partial charge is 0.273 e. The van der Waals surface area contributed by atoms with Crippen molar-refractivity contribution in [2.45, 2.75) is 62.6 Å². The zero-order valence-electron chi connectivity index (χ0n) is 21.8. The predicted octanol–water partition coefficient (Wildman–Crippen LogP) is 4.32. The predicted molar refractivity (Wildman–Crippen MR) is 138 cm³/mol. The Hall–Kier alpha value is -3.73. The maximum absolute atomic E-state index is 14.2. The molecule has 3 heterocycles. The Bertz CT molecular complexity index is 1380. The molecule has 2 N–H and O–H groups in total. The van der Waals surface area contributed by atoms with Gasteiger partial charge in [-0.05, 0) is 44.2 Å². The number of nitrogens with zero attached hydrogens (tertiary/aromatic N) is 3. The maximum Gasteiger partial charge on any atom is 0.273 e. The van der Waals surface area contributed by atoms with Crippen molar-refractivity contribution in [1.82, 2.24) is 25.7 Å². The van der Waals surface area contributed by atoms with Gasteiger partial charge < -0.3 is 15.2 Å². The number of piperidine rings is 1. The first kappa shape index (κ1) is 26.5. The average Bonchev–Trinajstić information content (AvgIpc) is 3.29. The first-order valence-electron chi connectivity index (χ1n) is 13.7. The zero-order valence-corrected chi connectivity index (χ0v) is 21.8. The van der Waals surface area contributed by atoms with Gasteiger partial charge in [0.1, 0.15) is 17.5 Å². The molecule has 6 rings (SSSR count). The summed E-state index contributed by atoms with van der Waals surface area (Å²) in [7, 11) is 0. The van der Waals surface area contributed by atoms with E-state index in [2.05, 4.69) is 25.7 Å². The highest BCUT2D eigenvalue weighted by molar-refractivity contribution is 5.94. The van der Waals surface area contributed by atoms with Gasteiger partial charge in [-0.15, -0.1) is 0 Å². The Labute approximate surface area is 229 Å². The number of carbonyl (C=O) groups excluding carboxylic acids is 2. The summed E-state index contributed by atoms with van der Waals surface area (Å²) in [5, 5.41) is 9.82. The summed E-state index contributed by atoms with van der Waals surface area (Å²) in [5.41, 5.74) is -0.475. The van der Waals surface area contributed by atoms with Gasteiger partial charge in [0.2, 0.25) is 5.91 Å². The number of pyridine rings is 1. The third-order valence-electron chi connectivity index (χ3n) is 8.40. The molecular weight excluding hydrogens is 523 g/mol. The molecule has 1 aromatic carbocycles. The Morgan fingerprint density at radius 2 is 1.77 bits per heavy atom. The number of nitrogens with one attached hydrogen (secondary N) is 2. The summed E-state index contributed by atoms with van der Waals surface area (Å²) in [6.07, 6.45) is 8.40. The molecule has 3 aliphatic rings. The second-order valence-electron chi connectivity index (χ2n) is 11.0. The molecule has 1 saturated heterocycles. The van der Waals surface area contributed by atoms with Crippen molar-refractivity contribution in [3.05, 3.63) is 71.4 Å². The van der Waals surface area contributed by atoms with Crippen LogP contribution in [-0.2, 0) is 10.3 Å². The van der Waals surface area contributed by atoms with Gasteiger partial charge >= 0.3 is 0 Å². The Kier molecular flexibility index (Phi) is 7.07. The van der Waals surface area contributed by atoms with E-state index in [1.165, 1.54) is 12.8 Å². The van der Waals surface area contributed by atoms with E-state index in [-0.39, 0.29) is 17.4 Å². The first-order valence-corrected chi connectivity index (χ1v) is 13.7. The molecule has 11 heteroatoms. The minimum atomic E-state index is -1.17. The van der Waals surface area contributed by atoms with E-state index < -0.39 is 46.4 Å². The molecule has 1 aliphatic heterocycles. The largest absolute Gasteiger partial charge is 0.355 e. The van der Waals surface area contributed by atoms with Crippen LogP contribution in [0.3, 0.4) is 0 Å². The molecule has 8 nitrogen and oxygen atoms in total. The molecule has 2 amide bonds. The summed E-state index contributed by atoms with van der Waals surface area (Å²) < 4.78 is 46.8. The Balaban J connectivity index is 1.20. The second-order valence-corrected chi connectivity index (χ2v) is 11.0. The molecule has 0 radical (unpaired) electrons. The van der Waals surface area contributed by atoms with Crippen molar-refractivity contribution in [2.24, 2.45) is 5.92 Å². The number of hydrogen-bond acceptors (Lipinski definition) is 6. The first-order chi connectivity index (χ1) is 19.3. The van der Waals surface area contributed by atoms with Crippen molar-refractivity contribution >= 4 is 11.8 Å². The Morgan fingerprint density at radius 1 is 1.02 bits per heavy atom. The molecule has 40 heavy (non-hydrogen) atoms. The maximum atomic E-state index is 14.2. The van der Waals surface area contributed by atoms with E-state index in [9.17, 15) is 22.8 Å². The van der Waals surface area contributed by atoms with Crippen molar-refractivity contribution in [2.75, 3.05) is 13.1 Å². The van der Waals surface area contributed by atoms with Crippen molar-refractivity contribution in [3.8, 4) is 11.3 Å². The monoisotopic (exact) mass is 553 g/mol. The molecule has 2 aromatic heterocycles. The molecular formula is C29H30F3N5O3. The van der Waals surface area contributed by atoms with Gasteiger partial charge in [-0.1, -0.05) is 24.1 Å². The van der Waals surface area contributed by atoms with Gasteiger partial charge in [-0.2, -0.15) is 0 Å². The van der Waals surface area contributed by atoms with E-state index in [0.29, 0.717) is 31.1 Å². The van der Waals surface area contributed by atoms with Crippen LogP contribution in [0.25, 0.3) is 11.3 Å². The van der Waals surface area contributed by atoms with E-state index >= 15 is 0 Å². The fourth-order valence-electron chi connectivity index (χ4n) is 6.08. The van der Waals surface area contributed by atoms with E-state index in [0.717, 1.165) is 44.0 Å². The number of amides is 2. The van der Waals surface area contributed by atoms with Crippen molar-refractivity contribution in [3.63, 3.8) is 0 Å². The zero-order chi connectivity index (χ0) is 27.9. The van der Waals surface area contributed by atoms with E-state index in [4.69, 9.17) is 4.52 Å². The SMILES string of the molecule is O=C(NC1CCN(C2CCCC2)CC1C(=O)NC1(c2ccccn2)CC1)c1cc(-c2c(F)cc(F)cc2F)on1. The Morgan fingerprint density at radius 3 is 2.45 bits per heavy atom.